The number of pyridine rings is 1. The highest BCUT2D eigenvalue weighted by Gasteiger charge is 2.18. The van der Waals surface area contributed by atoms with Crippen LogP contribution in [0.2, 0.25) is 0 Å². The first-order valence-corrected chi connectivity index (χ1v) is 11.6. The van der Waals surface area contributed by atoms with Crippen LogP contribution in [0.4, 0.5) is 0 Å². The summed E-state index contributed by atoms with van der Waals surface area (Å²) >= 11 is 3.35. The second kappa shape index (κ2) is 9.67. The Hall–Kier alpha value is -3.31. The third-order valence-electron chi connectivity index (χ3n) is 5.56. The van der Waals surface area contributed by atoms with Crippen molar-refractivity contribution in [2.45, 2.75) is 26.7 Å². The number of hydrogen-bond acceptors (Lipinski definition) is 4. The zero-order valence-corrected chi connectivity index (χ0v) is 20.3. The van der Waals surface area contributed by atoms with Crippen LogP contribution in [-0.4, -0.2) is 23.3 Å². The SMILES string of the molecule is Cc1ccc2nc(-c3ccc(C(C)C)cc3)cc(C(=O)OCC(=O)c3ccc(Br)cc3)c2c1. The number of ether oxygens (including phenoxy) is 1. The van der Waals surface area contributed by atoms with Gasteiger partial charge < -0.3 is 4.74 Å². The van der Waals surface area contributed by atoms with Crippen molar-refractivity contribution in [2.75, 3.05) is 6.61 Å². The number of nitrogens with zero attached hydrogens (tertiary/aromatic N) is 1. The predicted molar refractivity (Wildman–Crippen MR) is 135 cm³/mol. The Morgan fingerprint density at radius 1 is 0.939 bits per heavy atom. The highest BCUT2D eigenvalue weighted by molar-refractivity contribution is 9.10. The average molecular weight is 502 g/mol. The van der Waals surface area contributed by atoms with Gasteiger partial charge in [-0.2, -0.15) is 0 Å². The third kappa shape index (κ3) is 5.20. The molecule has 4 aromatic rings. The summed E-state index contributed by atoms with van der Waals surface area (Å²) in [6.07, 6.45) is 0. The van der Waals surface area contributed by atoms with Crippen molar-refractivity contribution in [3.8, 4) is 11.3 Å². The highest BCUT2D eigenvalue weighted by Crippen LogP contribution is 2.27. The number of aryl methyl sites for hydroxylation is 1. The molecular weight excluding hydrogens is 478 g/mol. The Balaban J connectivity index is 1.66. The lowest BCUT2D eigenvalue weighted by molar-refractivity contribution is 0.0476. The lowest BCUT2D eigenvalue weighted by Crippen LogP contribution is -2.15. The van der Waals surface area contributed by atoms with Crippen LogP contribution < -0.4 is 0 Å². The highest BCUT2D eigenvalue weighted by atomic mass is 79.9. The first kappa shape index (κ1) is 22.9. The molecule has 0 atom stereocenters. The number of rotatable bonds is 6. The van der Waals surface area contributed by atoms with Gasteiger partial charge in [-0.1, -0.05) is 77.8 Å². The maximum atomic E-state index is 13.1. The summed E-state index contributed by atoms with van der Waals surface area (Å²) in [6, 6.07) is 22.7. The Bertz CT molecular complexity index is 1330. The van der Waals surface area contributed by atoms with E-state index < -0.39 is 5.97 Å². The molecule has 1 aromatic heterocycles. The fourth-order valence-electron chi connectivity index (χ4n) is 3.62. The van der Waals surface area contributed by atoms with Crippen molar-refractivity contribution in [1.82, 2.24) is 4.98 Å². The molecule has 0 saturated heterocycles. The number of carbonyl (C=O) groups excluding carboxylic acids is 2. The molecule has 0 aliphatic rings. The largest absolute Gasteiger partial charge is 0.454 e. The van der Waals surface area contributed by atoms with Crippen molar-refractivity contribution in [1.29, 1.82) is 0 Å². The first-order chi connectivity index (χ1) is 15.8. The van der Waals surface area contributed by atoms with E-state index in [-0.39, 0.29) is 12.4 Å². The molecule has 0 bridgehead atoms. The topological polar surface area (TPSA) is 56.3 Å². The van der Waals surface area contributed by atoms with Crippen molar-refractivity contribution >= 4 is 38.6 Å². The number of esters is 1. The van der Waals surface area contributed by atoms with Gasteiger partial charge >= 0.3 is 5.97 Å². The van der Waals surface area contributed by atoms with Gasteiger partial charge in [-0.25, -0.2) is 9.78 Å². The first-order valence-electron chi connectivity index (χ1n) is 10.8. The molecule has 0 amide bonds. The molecule has 0 fully saturated rings. The van der Waals surface area contributed by atoms with Crippen molar-refractivity contribution in [3.05, 3.63) is 99.5 Å². The molecule has 1 heterocycles. The zero-order chi connectivity index (χ0) is 23.5. The molecular formula is C28H24BrNO3. The van der Waals surface area contributed by atoms with E-state index in [4.69, 9.17) is 9.72 Å². The van der Waals surface area contributed by atoms with Crippen molar-refractivity contribution < 1.29 is 14.3 Å². The van der Waals surface area contributed by atoms with Gasteiger partial charge in [0.25, 0.3) is 0 Å². The van der Waals surface area contributed by atoms with E-state index in [0.717, 1.165) is 15.6 Å². The lowest BCUT2D eigenvalue weighted by Gasteiger charge is -2.12. The van der Waals surface area contributed by atoms with E-state index >= 15 is 0 Å². The van der Waals surface area contributed by atoms with Crippen LogP contribution in [0.3, 0.4) is 0 Å². The van der Waals surface area contributed by atoms with Crippen LogP contribution in [0.1, 0.15) is 51.6 Å². The fourth-order valence-corrected chi connectivity index (χ4v) is 3.89. The zero-order valence-electron chi connectivity index (χ0n) is 18.8. The Morgan fingerprint density at radius 3 is 2.30 bits per heavy atom. The lowest BCUT2D eigenvalue weighted by atomic mass is 9.99. The fraction of sp³-hybridized carbons (Fsp3) is 0.179. The van der Waals surface area contributed by atoms with Crippen LogP contribution in [0.15, 0.2) is 77.3 Å². The van der Waals surface area contributed by atoms with E-state index in [1.807, 2.05) is 37.3 Å². The smallest absolute Gasteiger partial charge is 0.339 e. The van der Waals surface area contributed by atoms with Gasteiger partial charge in [0.1, 0.15) is 0 Å². The molecule has 3 aromatic carbocycles. The number of aromatic nitrogens is 1. The molecule has 0 N–H and O–H groups in total. The number of ketones is 1. The third-order valence-corrected chi connectivity index (χ3v) is 6.09. The molecule has 0 spiro atoms. The number of Topliss-reactive ketones (excluding diaryl/α,β-unsaturated/α-hetero) is 1. The van der Waals surface area contributed by atoms with Crippen molar-refractivity contribution in [2.24, 2.45) is 0 Å². The van der Waals surface area contributed by atoms with Gasteiger partial charge in [-0.3, -0.25) is 4.79 Å². The second-order valence-electron chi connectivity index (χ2n) is 8.36. The number of fused-ring (bicyclic) bond motifs is 1. The molecule has 0 unspecified atom stereocenters. The van der Waals surface area contributed by atoms with E-state index in [1.165, 1.54) is 5.56 Å². The summed E-state index contributed by atoms with van der Waals surface area (Å²) in [4.78, 5) is 30.3. The van der Waals surface area contributed by atoms with E-state index in [0.29, 0.717) is 33.6 Å². The van der Waals surface area contributed by atoms with Gasteiger partial charge in [0.05, 0.1) is 16.8 Å². The molecule has 5 heteroatoms. The summed E-state index contributed by atoms with van der Waals surface area (Å²) in [5.74, 6) is -0.367. The van der Waals surface area contributed by atoms with Gasteiger partial charge in [0.2, 0.25) is 0 Å². The van der Waals surface area contributed by atoms with E-state index in [9.17, 15) is 9.59 Å². The standard InChI is InChI=1S/C28H24BrNO3/c1-17(2)19-5-7-20(8-6-19)26-15-24(23-14-18(3)4-13-25(23)30-26)28(32)33-16-27(31)21-9-11-22(29)12-10-21/h4-15,17H,16H2,1-3H3. The number of halogens is 1. The summed E-state index contributed by atoms with van der Waals surface area (Å²) in [6.45, 7) is 5.93. The monoisotopic (exact) mass is 501 g/mol. The predicted octanol–water partition coefficient (Wildman–Crippen LogP) is 7.14. The molecule has 0 aliphatic heterocycles. The van der Waals surface area contributed by atoms with Crippen LogP contribution >= 0.6 is 15.9 Å². The quantitative estimate of drug-likeness (QED) is 0.208. The summed E-state index contributed by atoms with van der Waals surface area (Å²) in [5, 5.41) is 0.707. The van der Waals surface area contributed by atoms with Crippen molar-refractivity contribution in [3.63, 3.8) is 0 Å². The Labute approximate surface area is 201 Å². The maximum absolute atomic E-state index is 13.1. The normalized spacial score (nSPS) is 11.1. The number of hydrogen-bond donors (Lipinski definition) is 0. The van der Waals surface area contributed by atoms with Gasteiger partial charge in [-0.05, 0) is 48.7 Å². The molecule has 4 nitrogen and oxygen atoms in total. The molecule has 0 saturated carbocycles. The minimum Gasteiger partial charge on any atom is -0.454 e. The van der Waals surface area contributed by atoms with Gasteiger partial charge in [0.15, 0.2) is 12.4 Å². The van der Waals surface area contributed by atoms with Gasteiger partial charge in [0, 0.05) is 21.0 Å². The van der Waals surface area contributed by atoms with Crippen LogP contribution in [0.25, 0.3) is 22.2 Å². The van der Waals surface area contributed by atoms with Crippen LogP contribution in [-0.2, 0) is 4.74 Å². The number of carbonyl (C=O) groups is 2. The Morgan fingerprint density at radius 2 is 1.64 bits per heavy atom. The molecule has 166 valence electrons. The summed E-state index contributed by atoms with van der Waals surface area (Å²) in [7, 11) is 0. The maximum Gasteiger partial charge on any atom is 0.339 e. The van der Waals surface area contributed by atoms with Crippen LogP contribution in [0.5, 0.6) is 0 Å². The summed E-state index contributed by atoms with van der Waals surface area (Å²) < 4.78 is 6.31. The van der Waals surface area contributed by atoms with E-state index in [2.05, 4.69) is 41.9 Å². The second-order valence-corrected chi connectivity index (χ2v) is 9.27. The minimum atomic E-state index is -0.543. The number of benzene rings is 3. The average Bonchev–Trinajstić information content (AvgIpc) is 2.82. The molecule has 0 radical (unpaired) electrons. The Kier molecular flexibility index (Phi) is 6.70. The summed E-state index contributed by atoms with van der Waals surface area (Å²) in [5.41, 5.74) is 5.45. The van der Waals surface area contributed by atoms with Gasteiger partial charge in [-0.15, -0.1) is 0 Å². The minimum absolute atomic E-state index is 0.255. The molecule has 33 heavy (non-hydrogen) atoms. The van der Waals surface area contributed by atoms with E-state index in [1.54, 1.807) is 30.3 Å². The van der Waals surface area contributed by atoms with Crippen LogP contribution in [0, 0.1) is 6.92 Å². The molecule has 4 rings (SSSR count). The molecule has 0 aliphatic carbocycles.